The summed E-state index contributed by atoms with van der Waals surface area (Å²) in [5.74, 6) is 0.917. The molecule has 1 fully saturated rings. The molecule has 0 aliphatic heterocycles. The zero-order valence-electron chi connectivity index (χ0n) is 14.8. The summed E-state index contributed by atoms with van der Waals surface area (Å²) in [4.78, 5) is 13.8. The van der Waals surface area contributed by atoms with Gasteiger partial charge in [0.25, 0.3) is 0 Å². The first-order valence-corrected chi connectivity index (χ1v) is 10.9. The van der Waals surface area contributed by atoms with Crippen LogP contribution in [0.1, 0.15) is 36.5 Å². The Morgan fingerprint density at radius 1 is 1.33 bits per heavy atom. The van der Waals surface area contributed by atoms with E-state index >= 15 is 0 Å². The average Bonchev–Trinajstić information content (AvgIpc) is 3.21. The molecule has 0 unspecified atom stereocenters. The van der Waals surface area contributed by atoms with Crippen molar-refractivity contribution in [3.63, 3.8) is 0 Å². The summed E-state index contributed by atoms with van der Waals surface area (Å²) in [6, 6.07) is 11.7. The predicted molar refractivity (Wildman–Crippen MR) is 111 cm³/mol. The highest BCUT2D eigenvalue weighted by atomic mass is 35.5. The lowest BCUT2D eigenvalue weighted by Crippen LogP contribution is -2.23. The molecule has 8 heteroatoms. The minimum Gasteiger partial charge on any atom is -0.325 e. The summed E-state index contributed by atoms with van der Waals surface area (Å²) in [7, 11) is 0. The molecular weight excluding hydrogens is 400 g/mol. The molecule has 1 aliphatic carbocycles. The summed E-state index contributed by atoms with van der Waals surface area (Å²) in [5, 5.41) is 15.0. The number of benzene rings is 1. The second kappa shape index (κ2) is 8.04. The number of anilines is 1. The Labute approximate surface area is 171 Å². The van der Waals surface area contributed by atoms with Crippen molar-refractivity contribution >= 4 is 46.3 Å². The van der Waals surface area contributed by atoms with Gasteiger partial charge in [-0.3, -0.25) is 4.79 Å². The zero-order valence-corrected chi connectivity index (χ0v) is 17.2. The lowest BCUT2D eigenvalue weighted by atomic mass is 10.3. The molecule has 2 aromatic heterocycles. The summed E-state index contributed by atoms with van der Waals surface area (Å²) in [5.41, 5.74) is 0.735. The summed E-state index contributed by atoms with van der Waals surface area (Å²) < 4.78 is 2.22. The first kappa shape index (κ1) is 18.5. The lowest BCUT2D eigenvalue weighted by molar-refractivity contribution is -0.115. The predicted octanol–water partition coefficient (Wildman–Crippen LogP) is 5.04. The molecule has 1 aliphatic rings. The number of carbonyl (C=O) groups is 1. The van der Waals surface area contributed by atoms with E-state index in [-0.39, 0.29) is 11.2 Å². The number of nitrogens with zero attached hydrogens (tertiary/aromatic N) is 3. The number of carbonyl (C=O) groups excluding carboxylic acids is 1. The summed E-state index contributed by atoms with van der Waals surface area (Å²) >= 11 is 9.07. The van der Waals surface area contributed by atoms with Crippen LogP contribution in [0.25, 0.3) is 0 Å². The molecule has 1 atom stereocenters. The Morgan fingerprint density at radius 3 is 2.78 bits per heavy atom. The number of thioether (sulfide) groups is 1. The Kier molecular flexibility index (Phi) is 5.52. The van der Waals surface area contributed by atoms with E-state index in [4.69, 9.17) is 11.6 Å². The monoisotopic (exact) mass is 418 g/mol. The lowest BCUT2D eigenvalue weighted by Gasteiger charge is -2.13. The van der Waals surface area contributed by atoms with Crippen LogP contribution in [-0.2, 0) is 11.2 Å². The van der Waals surface area contributed by atoms with Crippen molar-refractivity contribution in [3.05, 3.63) is 57.5 Å². The van der Waals surface area contributed by atoms with Crippen LogP contribution >= 0.6 is 34.7 Å². The van der Waals surface area contributed by atoms with Crippen LogP contribution in [0.15, 0.2) is 46.9 Å². The van der Waals surface area contributed by atoms with Crippen LogP contribution in [0.3, 0.4) is 0 Å². The minimum absolute atomic E-state index is 0.0625. The van der Waals surface area contributed by atoms with Gasteiger partial charge in [-0.2, -0.15) is 0 Å². The van der Waals surface area contributed by atoms with Gasteiger partial charge < -0.3 is 9.88 Å². The fourth-order valence-corrected chi connectivity index (χ4v) is 4.53. The Morgan fingerprint density at radius 2 is 2.11 bits per heavy atom. The fraction of sp³-hybridized carbons (Fsp3) is 0.316. The summed E-state index contributed by atoms with van der Waals surface area (Å²) in [6.07, 6.45) is 3.08. The molecule has 140 valence electrons. The number of nitrogens with one attached hydrogen (secondary N) is 1. The van der Waals surface area contributed by atoms with Gasteiger partial charge in [-0.1, -0.05) is 29.4 Å². The molecule has 1 N–H and O–H groups in total. The van der Waals surface area contributed by atoms with E-state index in [1.807, 2.05) is 6.92 Å². The second-order valence-electron chi connectivity index (χ2n) is 6.51. The van der Waals surface area contributed by atoms with E-state index in [1.165, 1.54) is 16.6 Å². The summed E-state index contributed by atoms with van der Waals surface area (Å²) in [6.45, 7) is 1.89. The van der Waals surface area contributed by atoms with Gasteiger partial charge in [0.15, 0.2) is 5.16 Å². The van der Waals surface area contributed by atoms with E-state index < -0.39 is 0 Å². The van der Waals surface area contributed by atoms with Gasteiger partial charge >= 0.3 is 0 Å². The van der Waals surface area contributed by atoms with Crippen LogP contribution < -0.4 is 5.32 Å². The number of aromatic nitrogens is 3. The van der Waals surface area contributed by atoms with Crippen LogP contribution in [0.4, 0.5) is 5.69 Å². The Balaban J connectivity index is 1.46. The van der Waals surface area contributed by atoms with Gasteiger partial charge in [0, 0.05) is 28.0 Å². The van der Waals surface area contributed by atoms with E-state index in [1.54, 1.807) is 35.6 Å². The van der Waals surface area contributed by atoms with Crippen LogP contribution in [0.5, 0.6) is 0 Å². The maximum Gasteiger partial charge on any atom is 0.237 e. The molecule has 2 heterocycles. The minimum atomic E-state index is -0.281. The van der Waals surface area contributed by atoms with Crippen molar-refractivity contribution in [3.8, 4) is 0 Å². The van der Waals surface area contributed by atoms with Crippen LogP contribution in [0, 0.1) is 0 Å². The van der Waals surface area contributed by atoms with E-state index in [2.05, 4.69) is 37.6 Å². The zero-order chi connectivity index (χ0) is 18.8. The third-order valence-corrected chi connectivity index (χ3v) is 6.51. The first-order chi connectivity index (χ1) is 13.1. The Hall–Kier alpha value is -1.83. The highest BCUT2D eigenvalue weighted by Gasteiger charge is 2.31. The largest absolute Gasteiger partial charge is 0.325 e. The SMILES string of the molecule is C[C@H](Sc1nnc(Cc2cccs2)n1C1CC1)C(=O)Nc1ccc(Cl)cc1. The van der Waals surface area contributed by atoms with Gasteiger partial charge in [0.2, 0.25) is 5.91 Å². The van der Waals surface area contributed by atoms with E-state index in [0.29, 0.717) is 11.1 Å². The molecular formula is C19H19ClN4OS2. The quantitative estimate of drug-likeness (QED) is 0.546. The van der Waals surface area contributed by atoms with Gasteiger partial charge in [-0.25, -0.2) is 0 Å². The molecule has 3 aromatic rings. The molecule has 0 bridgehead atoms. The van der Waals surface area contributed by atoms with Crippen LogP contribution in [-0.4, -0.2) is 25.9 Å². The van der Waals surface area contributed by atoms with Crippen molar-refractivity contribution in [2.24, 2.45) is 0 Å². The molecule has 1 saturated carbocycles. The third kappa shape index (κ3) is 4.54. The molecule has 1 aromatic carbocycles. The molecule has 4 rings (SSSR count). The van der Waals surface area contributed by atoms with Gasteiger partial charge in [-0.15, -0.1) is 21.5 Å². The van der Waals surface area contributed by atoms with Gasteiger partial charge in [0.05, 0.1) is 5.25 Å². The number of amides is 1. The third-order valence-electron chi connectivity index (χ3n) is 4.32. The number of hydrogen-bond donors (Lipinski definition) is 1. The van der Waals surface area contributed by atoms with Crippen molar-refractivity contribution in [1.82, 2.24) is 14.8 Å². The number of halogens is 1. The molecule has 0 spiro atoms. The number of rotatable bonds is 7. The average molecular weight is 419 g/mol. The fourth-order valence-electron chi connectivity index (χ4n) is 2.77. The van der Waals surface area contributed by atoms with Crippen molar-refractivity contribution in [1.29, 1.82) is 0 Å². The Bertz CT molecular complexity index is 920. The highest BCUT2D eigenvalue weighted by molar-refractivity contribution is 8.00. The maximum absolute atomic E-state index is 12.5. The van der Waals surface area contributed by atoms with E-state index in [9.17, 15) is 4.79 Å². The first-order valence-electron chi connectivity index (χ1n) is 8.79. The van der Waals surface area contributed by atoms with Gasteiger partial charge in [-0.05, 0) is 55.5 Å². The van der Waals surface area contributed by atoms with Gasteiger partial charge in [0.1, 0.15) is 5.82 Å². The van der Waals surface area contributed by atoms with Crippen molar-refractivity contribution in [2.45, 2.75) is 42.6 Å². The molecule has 0 saturated heterocycles. The van der Waals surface area contributed by atoms with Crippen molar-refractivity contribution in [2.75, 3.05) is 5.32 Å². The van der Waals surface area contributed by atoms with Crippen molar-refractivity contribution < 1.29 is 4.79 Å². The normalized spacial score (nSPS) is 14.9. The molecule has 27 heavy (non-hydrogen) atoms. The van der Waals surface area contributed by atoms with E-state index in [0.717, 1.165) is 35.9 Å². The second-order valence-corrected chi connectivity index (χ2v) is 9.29. The number of hydrogen-bond acceptors (Lipinski definition) is 5. The smallest absolute Gasteiger partial charge is 0.237 e. The highest BCUT2D eigenvalue weighted by Crippen LogP contribution is 2.40. The van der Waals surface area contributed by atoms with Crippen LogP contribution in [0.2, 0.25) is 5.02 Å². The maximum atomic E-state index is 12.5. The molecule has 1 amide bonds. The topological polar surface area (TPSA) is 59.8 Å². The number of thiophene rings is 1. The molecule has 0 radical (unpaired) electrons. The molecule has 5 nitrogen and oxygen atoms in total. The standard InChI is InChI=1S/C19H19ClN4OS2/c1-12(18(25)21-14-6-4-13(20)5-7-14)27-19-23-22-17(24(19)15-8-9-15)11-16-3-2-10-26-16/h2-7,10,12,15H,8-9,11H2,1H3,(H,21,25)/t12-/m0/s1.